The van der Waals surface area contributed by atoms with Crippen LogP contribution in [-0.4, -0.2) is 40.6 Å². The molecule has 23 heavy (non-hydrogen) atoms. The van der Waals surface area contributed by atoms with Crippen molar-refractivity contribution in [2.24, 2.45) is 0 Å². The van der Waals surface area contributed by atoms with Crippen LogP contribution in [0.2, 0.25) is 0 Å². The maximum Gasteiger partial charge on any atom is 0.287 e. The Morgan fingerprint density at radius 1 is 1.22 bits per heavy atom. The largest absolute Gasteiger partial charge is 0.444 e. The van der Waals surface area contributed by atoms with Crippen LogP contribution < -0.4 is 15.1 Å². The van der Waals surface area contributed by atoms with E-state index in [1.807, 2.05) is 14.1 Å². The molecule has 2 aromatic rings. The minimum Gasteiger partial charge on any atom is -0.444 e. The Labute approximate surface area is 145 Å². The Balaban J connectivity index is 2.05. The summed E-state index contributed by atoms with van der Waals surface area (Å²) in [5, 5.41) is 2.94. The Bertz CT molecular complexity index is 650. The summed E-state index contributed by atoms with van der Waals surface area (Å²) in [4.78, 5) is 15.4. The smallest absolute Gasteiger partial charge is 0.287 e. The van der Waals surface area contributed by atoms with Crippen LogP contribution in [0.5, 0.6) is 0 Å². The van der Waals surface area contributed by atoms with Gasteiger partial charge in [-0.25, -0.2) is 0 Å². The summed E-state index contributed by atoms with van der Waals surface area (Å²) < 4.78 is 5.83. The molecule has 1 aromatic heterocycles. The molecule has 0 fully saturated rings. The molecule has 1 aromatic carbocycles. The summed E-state index contributed by atoms with van der Waals surface area (Å²) in [6.07, 6.45) is 0. The maximum absolute atomic E-state index is 12.1. The SMILES string of the molecule is CN(C)c1ccc([C@@H](CNC(=O)c2ccc(Br)o2)[NH+](C)C)cc1. The van der Waals surface area contributed by atoms with Crippen LogP contribution in [0, 0.1) is 0 Å². The lowest BCUT2D eigenvalue weighted by molar-refractivity contribution is -0.890. The highest BCUT2D eigenvalue weighted by molar-refractivity contribution is 9.10. The molecule has 1 atom stereocenters. The molecule has 0 aliphatic carbocycles. The minimum absolute atomic E-state index is 0.175. The fourth-order valence-electron chi connectivity index (χ4n) is 2.38. The number of likely N-dealkylation sites (N-methyl/N-ethyl adjacent to an activating group) is 1. The lowest BCUT2D eigenvalue weighted by Crippen LogP contribution is -3.07. The van der Waals surface area contributed by atoms with E-state index < -0.39 is 0 Å². The number of carbonyl (C=O) groups is 1. The second kappa shape index (κ2) is 7.66. The first-order valence-electron chi connectivity index (χ1n) is 7.49. The van der Waals surface area contributed by atoms with Gasteiger partial charge in [-0.15, -0.1) is 0 Å². The average molecular weight is 381 g/mol. The minimum atomic E-state index is -0.202. The van der Waals surface area contributed by atoms with E-state index in [1.54, 1.807) is 12.1 Å². The first-order chi connectivity index (χ1) is 10.9. The topological polar surface area (TPSA) is 49.9 Å². The van der Waals surface area contributed by atoms with Crippen LogP contribution in [0.3, 0.4) is 0 Å². The van der Waals surface area contributed by atoms with Crippen molar-refractivity contribution in [3.8, 4) is 0 Å². The van der Waals surface area contributed by atoms with Crippen molar-refractivity contribution in [3.63, 3.8) is 0 Å². The predicted octanol–water partition coefficient (Wildman–Crippen LogP) is 1.72. The third-order valence-electron chi connectivity index (χ3n) is 3.77. The Morgan fingerprint density at radius 3 is 2.35 bits per heavy atom. The van der Waals surface area contributed by atoms with Crippen LogP contribution in [-0.2, 0) is 0 Å². The van der Waals surface area contributed by atoms with Crippen molar-refractivity contribution >= 4 is 27.5 Å². The summed E-state index contributed by atoms with van der Waals surface area (Å²) in [5.41, 5.74) is 2.35. The molecule has 1 heterocycles. The third kappa shape index (κ3) is 4.59. The van der Waals surface area contributed by atoms with Gasteiger partial charge in [0.15, 0.2) is 10.4 Å². The molecule has 5 nitrogen and oxygen atoms in total. The zero-order chi connectivity index (χ0) is 17.0. The molecule has 0 saturated carbocycles. The highest BCUT2D eigenvalue weighted by atomic mass is 79.9. The normalized spacial score (nSPS) is 12.3. The van der Waals surface area contributed by atoms with Crippen molar-refractivity contribution in [2.45, 2.75) is 6.04 Å². The van der Waals surface area contributed by atoms with Crippen molar-refractivity contribution in [1.29, 1.82) is 0 Å². The van der Waals surface area contributed by atoms with E-state index in [0.717, 1.165) is 5.69 Å². The van der Waals surface area contributed by atoms with E-state index in [1.165, 1.54) is 10.5 Å². The molecule has 0 aliphatic rings. The number of halogens is 1. The van der Waals surface area contributed by atoms with Gasteiger partial charge >= 0.3 is 0 Å². The van der Waals surface area contributed by atoms with Crippen LogP contribution in [0.4, 0.5) is 5.69 Å². The molecule has 0 radical (unpaired) electrons. The van der Waals surface area contributed by atoms with Gasteiger partial charge in [-0.3, -0.25) is 4.79 Å². The summed E-state index contributed by atoms with van der Waals surface area (Å²) in [7, 11) is 8.21. The summed E-state index contributed by atoms with van der Waals surface area (Å²) in [5.74, 6) is 0.110. The van der Waals surface area contributed by atoms with Crippen LogP contribution >= 0.6 is 15.9 Å². The Morgan fingerprint density at radius 2 is 1.87 bits per heavy atom. The lowest BCUT2D eigenvalue weighted by Gasteiger charge is -2.23. The molecular formula is C17H23BrN3O2+. The second-order valence-corrected chi connectivity index (χ2v) is 6.71. The molecule has 2 rings (SSSR count). The van der Waals surface area contributed by atoms with Crippen LogP contribution in [0.15, 0.2) is 45.5 Å². The van der Waals surface area contributed by atoms with E-state index in [2.05, 4.69) is 64.5 Å². The van der Waals surface area contributed by atoms with Crippen molar-refractivity contribution in [3.05, 3.63) is 52.4 Å². The number of nitrogens with one attached hydrogen (secondary N) is 2. The molecule has 0 spiro atoms. The molecule has 0 bridgehead atoms. The van der Waals surface area contributed by atoms with Gasteiger partial charge in [0.25, 0.3) is 5.91 Å². The van der Waals surface area contributed by atoms with Crippen molar-refractivity contribution < 1.29 is 14.1 Å². The number of hydrogen-bond acceptors (Lipinski definition) is 3. The van der Waals surface area contributed by atoms with Gasteiger partial charge in [0, 0.05) is 25.3 Å². The monoisotopic (exact) mass is 380 g/mol. The molecule has 0 unspecified atom stereocenters. The van der Waals surface area contributed by atoms with Gasteiger partial charge < -0.3 is 19.5 Å². The number of carbonyl (C=O) groups excluding carboxylic acids is 1. The first-order valence-corrected chi connectivity index (χ1v) is 8.28. The Kier molecular flexibility index (Phi) is 5.85. The van der Waals surface area contributed by atoms with Gasteiger partial charge in [-0.2, -0.15) is 0 Å². The van der Waals surface area contributed by atoms with Crippen LogP contribution in [0.1, 0.15) is 22.2 Å². The molecular weight excluding hydrogens is 358 g/mol. The highest BCUT2D eigenvalue weighted by Gasteiger charge is 2.20. The fourth-order valence-corrected chi connectivity index (χ4v) is 2.68. The average Bonchev–Trinajstić information content (AvgIpc) is 2.94. The number of nitrogens with zero attached hydrogens (tertiary/aromatic N) is 1. The molecule has 0 saturated heterocycles. The zero-order valence-corrected chi connectivity index (χ0v) is 15.5. The third-order valence-corrected chi connectivity index (χ3v) is 4.20. The molecule has 0 aliphatic heterocycles. The van der Waals surface area contributed by atoms with Gasteiger partial charge in [0.2, 0.25) is 0 Å². The number of anilines is 1. The Hall–Kier alpha value is -1.79. The summed E-state index contributed by atoms with van der Waals surface area (Å²) >= 11 is 3.20. The van der Waals surface area contributed by atoms with Crippen molar-refractivity contribution in [2.75, 3.05) is 39.6 Å². The van der Waals surface area contributed by atoms with E-state index >= 15 is 0 Å². The second-order valence-electron chi connectivity index (χ2n) is 5.93. The predicted molar refractivity (Wildman–Crippen MR) is 95.1 cm³/mol. The highest BCUT2D eigenvalue weighted by Crippen LogP contribution is 2.17. The zero-order valence-electron chi connectivity index (χ0n) is 13.9. The number of amides is 1. The quantitative estimate of drug-likeness (QED) is 0.802. The number of rotatable bonds is 6. The number of furan rings is 1. The van der Waals surface area contributed by atoms with Gasteiger partial charge in [0.1, 0.15) is 6.04 Å². The van der Waals surface area contributed by atoms with E-state index in [-0.39, 0.29) is 11.9 Å². The number of benzene rings is 1. The fraction of sp³-hybridized carbons (Fsp3) is 0.353. The van der Waals surface area contributed by atoms with E-state index in [4.69, 9.17) is 4.42 Å². The van der Waals surface area contributed by atoms with Crippen LogP contribution in [0.25, 0.3) is 0 Å². The standard InChI is InChI=1S/C17H22BrN3O2/c1-20(2)13-7-5-12(6-8-13)14(21(3)4)11-19-17(22)15-9-10-16(18)23-15/h5-10,14H,11H2,1-4H3,(H,19,22)/p+1/t14-/m1/s1. The molecule has 6 heteroatoms. The van der Waals surface area contributed by atoms with Gasteiger partial charge in [-0.1, -0.05) is 12.1 Å². The van der Waals surface area contributed by atoms with Gasteiger partial charge in [-0.05, 0) is 40.2 Å². The van der Waals surface area contributed by atoms with Gasteiger partial charge in [0.05, 0.1) is 20.6 Å². The van der Waals surface area contributed by atoms with Crippen molar-refractivity contribution in [1.82, 2.24) is 5.32 Å². The lowest BCUT2D eigenvalue weighted by atomic mass is 10.1. The summed E-state index contributed by atoms with van der Waals surface area (Å²) in [6, 6.07) is 12.0. The maximum atomic E-state index is 12.1. The molecule has 2 N–H and O–H groups in total. The molecule has 1 amide bonds. The summed E-state index contributed by atoms with van der Waals surface area (Å²) in [6.45, 7) is 0.542. The first kappa shape index (κ1) is 17.6. The van der Waals surface area contributed by atoms with E-state index in [0.29, 0.717) is 17.0 Å². The van der Waals surface area contributed by atoms with E-state index in [9.17, 15) is 4.79 Å². The number of hydrogen-bond donors (Lipinski definition) is 2. The molecule has 124 valence electrons. The number of quaternary nitrogens is 1.